The molecule has 0 aliphatic rings. The van der Waals surface area contributed by atoms with E-state index in [4.69, 9.17) is 26.8 Å². The van der Waals surface area contributed by atoms with E-state index < -0.39 is 30.1 Å². The molecule has 2 aromatic carbocycles. The van der Waals surface area contributed by atoms with E-state index in [2.05, 4.69) is 10.6 Å². The van der Waals surface area contributed by atoms with Crippen molar-refractivity contribution in [2.24, 2.45) is 5.73 Å². The number of hydrogen-bond acceptors (Lipinski definition) is 5. The lowest BCUT2D eigenvalue weighted by molar-refractivity contribution is -0.155. The smallest absolute Gasteiger partial charge is 0.329 e. The fraction of sp³-hybridized carbons (Fsp3) is 0.250. The Hall–Kier alpha value is -3.26. The molecule has 3 amide bonds. The second-order valence-electron chi connectivity index (χ2n) is 6.16. The van der Waals surface area contributed by atoms with Gasteiger partial charge in [-0.3, -0.25) is 4.79 Å². The molecule has 29 heavy (non-hydrogen) atoms. The fourth-order valence-electron chi connectivity index (χ4n) is 2.54. The first-order chi connectivity index (χ1) is 13.8. The highest BCUT2D eigenvalue weighted by Crippen LogP contribution is 2.27. The van der Waals surface area contributed by atoms with Crippen molar-refractivity contribution in [1.82, 2.24) is 5.32 Å². The summed E-state index contributed by atoms with van der Waals surface area (Å²) in [5.74, 6) is -0.969. The summed E-state index contributed by atoms with van der Waals surface area (Å²) >= 11 is 5.94. The summed E-state index contributed by atoms with van der Waals surface area (Å²) in [4.78, 5) is 36.2. The number of carbonyl (C=O) groups is 3. The molecule has 0 aliphatic carbocycles. The van der Waals surface area contributed by atoms with Gasteiger partial charge in [0.15, 0.2) is 6.10 Å². The molecule has 0 radical (unpaired) electrons. The molecular formula is C20H22ClN3O5. The molecule has 0 bridgehead atoms. The molecule has 0 heterocycles. The molecule has 2 aromatic rings. The molecule has 2 atom stereocenters. The zero-order chi connectivity index (χ0) is 21.4. The van der Waals surface area contributed by atoms with Gasteiger partial charge in [0.1, 0.15) is 11.8 Å². The van der Waals surface area contributed by atoms with Crippen molar-refractivity contribution in [3.8, 4) is 5.75 Å². The van der Waals surface area contributed by atoms with Crippen molar-refractivity contribution in [1.29, 1.82) is 0 Å². The van der Waals surface area contributed by atoms with Gasteiger partial charge in [-0.15, -0.1) is 0 Å². The van der Waals surface area contributed by atoms with Gasteiger partial charge in [-0.05, 0) is 30.7 Å². The Bertz CT molecular complexity index is 876. The molecule has 9 heteroatoms. The van der Waals surface area contributed by atoms with Gasteiger partial charge in [-0.2, -0.15) is 0 Å². The number of anilines is 1. The molecule has 0 spiro atoms. The molecule has 2 rings (SSSR count). The Kier molecular flexibility index (Phi) is 7.85. The van der Waals surface area contributed by atoms with Gasteiger partial charge < -0.3 is 25.8 Å². The summed E-state index contributed by atoms with van der Waals surface area (Å²) in [6, 6.07) is 11.8. The first-order valence-electron chi connectivity index (χ1n) is 8.75. The molecule has 0 saturated heterocycles. The van der Waals surface area contributed by atoms with E-state index in [1.165, 1.54) is 20.1 Å². The van der Waals surface area contributed by atoms with Crippen LogP contribution in [-0.4, -0.2) is 37.2 Å². The van der Waals surface area contributed by atoms with Crippen LogP contribution in [0.2, 0.25) is 5.02 Å². The van der Waals surface area contributed by atoms with Crippen molar-refractivity contribution in [2.45, 2.75) is 25.5 Å². The molecule has 8 nitrogen and oxygen atoms in total. The van der Waals surface area contributed by atoms with Gasteiger partial charge in [-0.25, -0.2) is 9.59 Å². The standard InChI is InChI=1S/C20H22ClN3O5/c1-12(18(25)23-15-11-14(21)8-9-17(15)28-2)29-19(26)16(24-20(22)27)10-13-6-4-3-5-7-13/h3-9,11-12,16H,10H2,1-2H3,(H,23,25)(H3,22,24,27)/t12-,16+/m1/s1. The number of rotatable bonds is 8. The highest BCUT2D eigenvalue weighted by Gasteiger charge is 2.26. The minimum Gasteiger partial charge on any atom is -0.495 e. The Labute approximate surface area is 173 Å². The largest absolute Gasteiger partial charge is 0.495 e. The normalized spacial score (nSPS) is 12.4. The molecule has 4 N–H and O–H groups in total. The van der Waals surface area contributed by atoms with Gasteiger partial charge >= 0.3 is 12.0 Å². The number of nitrogens with one attached hydrogen (secondary N) is 2. The number of amides is 3. The number of carbonyl (C=O) groups excluding carboxylic acids is 3. The second-order valence-corrected chi connectivity index (χ2v) is 6.60. The van der Waals surface area contributed by atoms with Crippen LogP contribution in [-0.2, 0) is 20.7 Å². The van der Waals surface area contributed by atoms with Crippen LogP contribution in [0.4, 0.5) is 10.5 Å². The quantitative estimate of drug-likeness (QED) is 0.568. The summed E-state index contributed by atoms with van der Waals surface area (Å²) in [7, 11) is 1.45. The van der Waals surface area contributed by atoms with E-state index >= 15 is 0 Å². The van der Waals surface area contributed by atoms with Crippen LogP contribution >= 0.6 is 11.6 Å². The van der Waals surface area contributed by atoms with Crippen LogP contribution in [0, 0.1) is 0 Å². The first kappa shape index (κ1) is 22.0. The number of esters is 1. The summed E-state index contributed by atoms with van der Waals surface area (Å²) < 4.78 is 10.4. The number of hydrogen-bond donors (Lipinski definition) is 3. The van der Waals surface area contributed by atoms with E-state index in [-0.39, 0.29) is 6.42 Å². The summed E-state index contributed by atoms with van der Waals surface area (Å²) in [6.45, 7) is 1.41. The Morgan fingerprint density at radius 3 is 2.45 bits per heavy atom. The van der Waals surface area contributed by atoms with E-state index in [1.54, 1.807) is 36.4 Å². The van der Waals surface area contributed by atoms with E-state index in [9.17, 15) is 14.4 Å². The maximum Gasteiger partial charge on any atom is 0.329 e. The number of primary amides is 1. The van der Waals surface area contributed by atoms with Crippen molar-refractivity contribution < 1.29 is 23.9 Å². The van der Waals surface area contributed by atoms with Crippen LogP contribution in [0.5, 0.6) is 5.75 Å². The van der Waals surface area contributed by atoms with Crippen LogP contribution in [0.15, 0.2) is 48.5 Å². The minimum atomic E-state index is -1.14. The Morgan fingerprint density at radius 2 is 1.83 bits per heavy atom. The number of benzene rings is 2. The number of ether oxygens (including phenoxy) is 2. The number of methoxy groups -OCH3 is 1. The number of halogens is 1. The maximum atomic E-state index is 12.5. The predicted molar refractivity (Wildman–Crippen MR) is 109 cm³/mol. The number of urea groups is 1. The SMILES string of the molecule is COc1ccc(Cl)cc1NC(=O)[C@@H](C)OC(=O)[C@H](Cc1ccccc1)NC(N)=O. The lowest BCUT2D eigenvalue weighted by atomic mass is 10.1. The molecule has 0 fully saturated rings. The van der Waals surface area contributed by atoms with Gasteiger partial charge in [0, 0.05) is 11.4 Å². The lowest BCUT2D eigenvalue weighted by Crippen LogP contribution is -2.47. The predicted octanol–water partition coefficient (Wildman–Crippen LogP) is 2.50. The van der Waals surface area contributed by atoms with Crippen LogP contribution in [0.3, 0.4) is 0 Å². The van der Waals surface area contributed by atoms with Crippen LogP contribution in [0.25, 0.3) is 0 Å². The minimum absolute atomic E-state index is 0.166. The first-order valence-corrected chi connectivity index (χ1v) is 9.12. The Balaban J connectivity index is 2.05. The van der Waals surface area contributed by atoms with E-state index in [1.807, 2.05) is 6.07 Å². The van der Waals surface area contributed by atoms with Crippen molar-refractivity contribution in [3.05, 3.63) is 59.1 Å². The maximum absolute atomic E-state index is 12.5. The van der Waals surface area contributed by atoms with Gasteiger partial charge in [0.05, 0.1) is 12.8 Å². The third kappa shape index (κ3) is 6.69. The highest BCUT2D eigenvalue weighted by molar-refractivity contribution is 6.31. The fourth-order valence-corrected chi connectivity index (χ4v) is 2.71. The van der Waals surface area contributed by atoms with E-state index in [0.717, 1.165) is 5.56 Å². The van der Waals surface area contributed by atoms with Gasteiger partial charge in [0.2, 0.25) is 0 Å². The molecule has 0 aromatic heterocycles. The van der Waals surface area contributed by atoms with E-state index in [0.29, 0.717) is 16.5 Å². The third-order valence-electron chi connectivity index (χ3n) is 3.97. The van der Waals surface area contributed by atoms with Crippen LogP contribution < -0.4 is 21.1 Å². The zero-order valence-electron chi connectivity index (χ0n) is 16.0. The summed E-state index contributed by atoms with van der Waals surface area (Å²) in [6.07, 6.45) is -0.974. The topological polar surface area (TPSA) is 120 Å². The average Bonchev–Trinajstić information content (AvgIpc) is 2.68. The van der Waals surface area contributed by atoms with Crippen molar-refractivity contribution in [2.75, 3.05) is 12.4 Å². The molecule has 0 unspecified atom stereocenters. The molecular weight excluding hydrogens is 398 g/mol. The van der Waals surface area contributed by atoms with Crippen molar-refractivity contribution in [3.63, 3.8) is 0 Å². The molecule has 0 saturated carbocycles. The van der Waals surface area contributed by atoms with Gasteiger partial charge in [0.25, 0.3) is 5.91 Å². The van der Waals surface area contributed by atoms with Crippen LogP contribution in [0.1, 0.15) is 12.5 Å². The third-order valence-corrected chi connectivity index (χ3v) is 4.20. The summed E-state index contributed by atoms with van der Waals surface area (Å²) in [5.41, 5.74) is 6.29. The monoisotopic (exact) mass is 419 g/mol. The Morgan fingerprint density at radius 1 is 1.14 bits per heavy atom. The number of nitrogens with two attached hydrogens (primary N) is 1. The highest BCUT2D eigenvalue weighted by atomic mass is 35.5. The van der Waals surface area contributed by atoms with Gasteiger partial charge in [-0.1, -0.05) is 41.9 Å². The second kappa shape index (κ2) is 10.3. The molecule has 0 aliphatic heterocycles. The average molecular weight is 420 g/mol. The zero-order valence-corrected chi connectivity index (χ0v) is 16.7. The lowest BCUT2D eigenvalue weighted by Gasteiger charge is -2.20. The van der Waals surface area contributed by atoms with Crippen molar-refractivity contribution >= 4 is 35.2 Å². The summed E-state index contributed by atoms with van der Waals surface area (Å²) in [5, 5.41) is 5.34. The molecule has 154 valence electrons.